The molecule has 0 radical (unpaired) electrons. The highest BCUT2D eigenvalue weighted by Gasteiger charge is 2.28. The van der Waals surface area contributed by atoms with E-state index in [1.165, 1.54) is 0 Å². The fourth-order valence-electron chi connectivity index (χ4n) is 4.07. The number of benzene rings is 3. The zero-order valence-corrected chi connectivity index (χ0v) is 21.2. The average Bonchev–Trinajstić information content (AvgIpc) is 2.86. The van der Waals surface area contributed by atoms with Crippen molar-refractivity contribution in [2.75, 3.05) is 20.3 Å². The van der Waals surface area contributed by atoms with Gasteiger partial charge in [0.15, 0.2) is 0 Å². The van der Waals surface area contributed by atoms with Crippen LogP contribution in [-0.2, 0) is 4.74 Å². The summed E-state index contributed by atoms with van der Waals surface area (Å²) in [6.07, 6.45) is 0. The van der Waals surface area contributed by atoms with E-state index in [1.54, 1.807) is 46.9 Å². The average molecular weight is 510 g/mol. The second-order valence-electron chi connectivity index (χ2n) is 8.21. The fraction of sp³-hybridized carbons (Fsp3) is 0.222. The summed E-state index contributed by atoms with van der Waals surface area (Å²) in [5, 5.41) is 1.16. The van der Waals surface area contributed by atoms with E-state index in [0.29, 0.717) is 39.6 Å². The minimum atomic E-state index is -0.566. The summed E-state index contributed by atoms with van der Waals surface area (Å²) >= 11 is 12.2. The molecular weight excluding hydrogens is 485 g/mol. The molecule has 0 saturated carbocycles. The number of rotatable bonds is 7. The lowest BCUT2D eigenvalue weighted by Gasteiger charge is -2.31. The van der Waals surface area contributed by atoms with Crippen molar-refractivity contribution in [3.63, 3.8) is 0 Å². The molecule has 0 spiro atoms. The molecule has 4 aromatic rings. The van der Waals surface area contributed by atoms with Gasteiger partial charge in [0.1, 0.15) is 5.82 Å². The number of methoxy groups -OCH3 is 1. The van der Waals surface area contributed by atoms with Crippen LogP contribution in [0.2, 0.25) is 10.0 Å². The molecule has 1 atom stereocenters. The molecule has 0 fully saturated rings. The molecule has 1 unspecified atom stereocenters. The standard InChI is InChI=1S/C27H25Cl2N3O3/c1-17-8-4-7-11-24(17)32-25(30-23-10-6-5-9-20(23)27(32)34)18(2)31(14-15-35-3)26(33)19-12-13-21(28)22(29)16-19/h4-13,16,18H,14-15H2,1-3H3. The van der Waals surface area contributed by atoms with Gasteiger partial charge in [-0.3, -0.25) is 14.2 Å². The molecule has 35 heavy (non-hydrogen) atoms. The topological polar surface area (TPSA) is 64.4 Å². The van der Waals surface area contributed by atoms with E-state index in [9.17, 15) is 9.59 Å². The first-order valence-electron chi connectivity index (χ1n) is 11.2. The summed E-state index contributed by atoms with van der Waals surface area (Å²) in [6, 6.07) is 19.0. The molecule has 3 aromatic carbocycles. The van der Waals surface area contributed by atoms with Gasteiger partial charge < -0.3 is 9.64 Å². The Bertz CT molecular complexity index is 1450. The van der Waals surface area contributed by atoms with E-state index >= 15 is 0 Å². The van der Waals surface area contributed by atoms with Crippen LogP contribution in [0.15, 0.2) is 71.5 Å². The molecule has 6 nitrogen and oxygen atoms in total. The molecule has 0 bridgehead atoms. The van der Waals surface area contributed by atoms with Crippen molar-refractivity contribution in [1.29, 1.82) is 0 Å². The number of fused-ring (bicyclic) bond motifs is 1. The van der Waals surface area contributed by atoms with Crippen LogP contribution in [0.3, 0.4) is 0 Å². The second kappa shape index (κ2) is 10.6. The number of aromatic nitrogens is 2. The van der Waals surface area contributed by atoms with Crippen LogP contribution in [0.25, 0.3) is 16.6 Å². The first kappa shape index (κ1) is 24.9. The van der Waals surface area contributed by atoms with Crippen molar-refractivity contribution in [2.24, 2.45) is 0 Å². The predicted octanol–water partition coefficient (Wildman–Crippen LogP) is 5.85. The molecule has 8 heteroatoms. The zero-order valence-electron chi connectivity index (χ0n) is 19.7. The molecule has 0 saturated heterocycles. The SMILES string of the molecule is COCCN(C(=O)c1ccc(Cl)c(Cl)c1)C(C)c1nc2ccccc2c(=O)n1-c1ccccc1C. The van der Waals surface area contributed by atoms with Gasteiger partial charge in [-0.2, -0.15) is 0 Å². The van der Waals surface area contributed by atoms with Crippen LogP contribution >= 0.6 is 23.2 Å². The van der Waals surface area contributed by atoms with Gasteiger partial charge in [0.2, 0.25) is 0 Å². The molecule has 0 aliphatic heterocycles. The van der Waals surface area contributed by atoms with Gasteiger partial charge in [-0.05, 0) is 55.8 Å². The van der Waals surface area contributed by atoms with Crippen LogP contribution in [0.5, 0.6) is 0 Å². The molecule has 0 N–H and O–H groups in total. The maximum Gasteiger partial charge on any atom is 0.266 e. The van der Waals surface area contributed by atoms with Gasteiger partial charge in [0, 0.05) is 19.2 Å². The number of amides is 1. The Kier molecular flexibility index (Phi) is 7.55. The highest BCUT2D eigenvalue weighted by molar-refractivity contribution is 6.42. The fourth-order valence-corrected chi connectivity index (χ4v) is 4.37. The Hall–Kier alpha value is -3.19. The molecule has 0 aliphatic rings. The van der Waals surface area contributed by atoms with Gasteiger partial charge in [0.25, 0.3) is 11.5 Å². The monoisotopic (exact) mass is 509 g/mol. The first-order valence-corrected chi connectivity index (χ1v) is 11.9. The highest BCUT2D eigenvalue weighted by Crippen LogP contribution is 2.28. The number of nitrogens with zero attached hydrogens (tertiary/aromatic N) is 3. The molecule has 1 amide bonds. The molecule has 1 aromatic heterocycles. The maximum atomic E-state index is 13.7. The van der Waals surface area contributed by atoms with E-state index in [-0.39, 0.29) is 23.0 Å². The lowest BCUT2D eigenvalue weighted by atomic mass is 10.1. The molecule has 1 heterocycles. The second-order valence-corrected chi connectivity index (χ2v) is 9.02. The summed E-state index contributed by atoms with van der Waals surface area (Å²) < 4.78 is 6.89. The summed E-state index contributed by atoms with van der Waals surface area (Å²) in [6.45, 7) is 4.39. The number of carbonyl (C=O) groups is 1. The Balaban J connectivity index is 1.91. The Morgan fingerprint density at radius 3 is 2.49 bits per heavy atom. The van der Waals surface area contributed by atoms with Gasteiger partial charge in [-0.25, -0.2) is 4.98 Å². The van der Waals surface area contributed by atoms with Crippen LogP contribution < -0.4 is 5.56 Å². The quantitative estimate of drug-likeness (QED) is 0.313. The minimum absolute atomic E-state index is 0.194. The smallest absolute Gasteiger partial charge is 0.266 e. The third kappa shape index (κ3) is 4.96. The lowest BCUT2D eigenvalue weighted by Crippen LogP contribution is -2.39. The number of carbonyl (C=O) groups excluding carboxylic acids is 1. The molecular formula is C27H25Cl2N3O3. The van der Waals surface area contributed by atoms with E-state index < -0.39 is 6.04 Å². The largest absolute Gasteiger partial charge is 0.383 e. The molecule has 4 rings (SSSR count). The number of aryl methyl sites for hydroxylation is 1. The molecule has 0 aliphatic carbocycles. The predicted molar refractivity (Wildman–Crippen MR) is 140 cm³/mol. The number of halogens is 2. The van der Waals surface area contributed by atoms with Crippen molar-refractivity contribution < 1.29 is 9.53 Å². The summed E-state index contributed by atoms with van der Waals surface area (Å²) in [5.74, 6) is 0.180. The number of hydrogen-bond acceptors (Lipinski definition) is 4. The van der Waals surface area contributed by atoms with Crippen molar-refractivity contribution in [2.45, 2.75) is 19.9 Å². The Labute approximate surface area is 213 Å². The van der Waals surface area contributed by atoms with Crippen LogP contribution in [-0.4, -0.2) is 40.6 Å². The van der Waals surface area contributed by atoms with Gasteiger partial charge in [0.05, 0.1) is 39.3 Å². The van der Waals surface area contributed by atoms with Gasteiger partial charge in [-0.1, -0.05) is 53.5 Å². The van der Waals surface area contributed by atoms with Gasteiger partial charge >= 0.3 is 0 Å². The van der Waals surface area contributed by atoms with Crippen LogP contribution in [0, 0.1) is 6.92 Å². The van der Waals surface area contributed by atoms with E-state index in [1.807, 2.05) is 50.2 Å². The third-order valence-electron chi connectivity index (χ3n) is 5.96. The first-order chi connectivity index (χ1) is 16.8. The third-order valence-corrected chi connectivity index (χ3v) is 6.70. The summed E-state index contributed by atoms with van der Waals surface area (Å²) in [5.41, 5.74) is 2.39. The highest BCUT2D eigenvalue weighted by atomic mass is 35.5. The Morgan fingerprint density at radius 1 is 1.06 bits per heavy atom. The van der Waals surface area contributed by atoms with Crippen LogP contribution in [0.1, 0.15) is 34.7 Å². The zero-order chi connectivity index (χ0) is 25.1. The van der Waals surface area contributed by atoms with Crippen molar-refractivity contribution in [3.8, 4) is 5.69 Å². The number of para-hydroxylation sites is 2. The minimum Gasteiger partial charge on any atom is -0.383 e. The summed E-state index contributed by atoms with van der Waals surface area (Å²) in [7, 11) is 1.57. The van der Waals surface area contributed by atoms with E-state index in [4.69, 9.17) is 32.9 Å². The van der Waals surface area contributed by atoms with Gasteiger partial charge in [-0.15, -0.1) is 0 Å². The van der Waals surface area contributed by atoms with Crippen molar-refractivity contribution in [1.82, 2.24) is 14.5 Å². The van der Waals surface area contributed by atoms with Crippen molar-refractivity contribution >= 4 is 40.0 Å². The number of hydrogen-bond donors (Lipinski definition) is 0. The summed E-state index contributed by atoms with van der Waals surface area (Å²) in [4.78, 5) is 33.9. The van der Waals surface area contributed by atoms with Crippen LogP contribution in [0.4, 0.5) is 0 Å². The maximum absolute atomic E-state index is 13.7. The van der Waals surface area contributed by atoms with Crippen molar-refractivity contribution in [3.05, 3.63) is 104 Å². The lowest BCUT2D eigenvalue weighted by molar-refractivity contribution is 0.0605. The Morgan fingerprint density at radius 2 is 1.77 bits per heavy atom. The molecule has 180 valence electrons. The van der Waals surface area contributed by atoms with E-state index in [0.717, 1.165) is 5.56 Å². The number of ether oxygens (including phenoxy) is 1. The normalized spacial score (nSPS) is 12.0. The van der Waals surface area contributed by atoms with E-state index in [2.05, 4.69) is 0 Å².